The second kappa shape index (κ2) is 10.1. The normalized spacial score (nSPS) is 11.1. The van der Waals surface area contributed by atoms with Crippen molar-refractivity contribution in [2.24, 2.45) is 5.10 Å². The zero-order chi connectivity index (χ0) is 24.0. The van der Waals surface area contributed by atoms with Crippen LogP contribution in [0.15, 0.2) is 108 Å². The molecule has 1 amide bonds. The van der Waals surface area contributed by atoms with Gasteiger partial charge in [-0.2, -0.15) is 5.10 Å². The Bertz CT molecular complexity index is 1520. The van der Waals surface area contributed by atoms with Crippen LogP contribution in [0.5, 0.6) is 11.5 Å². The van der Waals surface area contributed by atoms with Crippen molar-refractivity contribution in [3.8, 4) is 11.5 Å². The van der Waals surface area contributed by atoms with Crippen LogP contribution in [0.3, 0.4) is 0 Å². The van der Waals surface area contributed by atoms with Crippen LogP contribution in [-0.4, -0.2) is 19.2 Å². The topological polar surface area (TPSA) is 59.9 Å². The van der Waals surface area contributed by atoms with Gasteiger partial charge in [-0.3, -0.25) is 4.79 Å². The third-order valence-electron chi connectivity index (χ3n) is 5.85. The molecular formula is C30H24N2O3. The summed E-state index contributed by atoms with van der Waals surface area (Å²) in [5.41, 5.74) is 5.00. The van der Waals surface area contributed by atoms with E-state index in [9.17, 15) is 4.79 Å². The maximum atomic E-state index is 12.7. The highest BCUT2D eigenvalue weighted by molar-refractivity contribution is 6.02. The van der Waals surface area contributed by atoms with Gasteiger partial charge in [-0.1, -0.05) is 66.7 Å². The lowest BCUT2D eigenvalue weighted by atomic mass is 10.1. The van der Waals surface area contributed by atoms with E-state index in [4.69, 9.17) is 9.47 Å². The van der Waals surface area contributed by atoms with E-state index in [2.05, 4.69) is 34.8 Å². The number of hydrogen-bond donors (Lipinski definition) is 1. The first-order valence-corrected chi connectivity index (χ1v) is 11.3. The molecule has 5 aromatic rings. The molecule has 0 spiro atoms. The Labute approximate surface area is 203 Å². The lowest BCUT2D eigenvalue weighted by molar-refractivity contribution is 0.0952. The van der Waals surface area contributed by atoms with Crippen LogP contribution in [0.1, 0.15) is 21.5 Å². The summed E-state index contributed by atoms with van der Waals surface area (Å²) in [6.07, 6.45) is 1.60. The molecule has 0 saturated carbocycles. The summed E-state index contributed by atoms with van der Waals surface area (Å²) in [7, 11) is 1.55. The molecule has 35 heavy (non-hydrogen) atoms. The number of amides is 1. The van der Waals surface area contributed by atoms with Crippen molar-refractivity contribution in [1.82, 2.24) is 5.43 Å². The molecule has 5 heteroatoms. The fourth-order valence-electron chi connectivity index (χ4n) is 4.02. The second-order valence-electron chi connectivity index (χ2n) is 8.09. The molecule has 5 aromatic carbocycles. The van der Waals surface area contributed by atoms with Crippen LogP contribution in [-0.2, 0) is 6.61 Å². The molecule has 172 valence electrons. The molecule has 0 unspecified atom stereocenters. The van der Waals surface area contributed by atoms with Gasteiger partial charge < -0.3 is 9.47 Å². The fourth-order valence-corrected chi connectivity index (χ4v) is 4.02. The maximum Gasteiger partial charge on any atom is 0.275 e. The third-order valence-corrected chi connectivity index (χ3v) is 5.85. The van der Waals surface area contributed by atoms with Gasteiger partial charge in [-0.05, 0) is 69.1 Å². The number of methoxy groups -OCH3 is 1. The van der Waals surface area contributed by atoms with Gasteiger partial charge in [0.25, 0.3) is 5.91 Å². The summed E-state index contributed by atoms with van der Waals surface area (Å²) in [4.78, 5) is 12.7. The number of hydrogen-bond acceptors (Lipinski definition) is 4. The summed E-state index contributed by atoms with van der Waals surface area (Å²) in [6, 6.07) is 33.5. The van der Waals surface area contributed by atoms with Crippen LogP contribution >= 0.6 is 0 Å². The van der Waals surface area contributed by atoms with Crippen molar-refractivity contribution < 1.29 is 14.3 Å². The van der Waals surface area contributed by atoms with Crippen molar-refractivity contribution in [1.29, 1.82) is 0 Å². The molecule has 0 aliphatic heterocycles. The molecule has 5 nitrogen and oxygen atoms in total. The largest absolute Gasteiger partial charge is 0.496 e. The standard InChI is InChI=1S/C30H24N2O3/c1-34-29-18-24-9-3-2-8-23(24)17-28(29)30(33)32-31-19-21-13-15-26(16-14-21)35-20-25-11-6-10-22-7-4-5-12-27(22)25/h2-19H,20H2,1H3,(H,32,33). The predicted molar refractivity (Wildman–Crippen MR) is 140 cm³/mol. The lowest BCUT2D eigenvalue weighted by Crippen LogP contribution is -2.18. The number of rotatable bonds is 7. The average Bonchev–Trinajstić information content (AvgIpc) is 2.91. The highest BCUT2D eigenvalue weighted by atomic mass is 16.5. The molecule has 0 saturated heterocycles. The Hall–Kier alpha value is -4.64. The molecule has 0 atom stereocenters. The SMILES string of the molecule is COc1cc2ccccc2cc1C(=O)NN=Cc1ccc(OCc2cccc3ccccc23)cc1. The summed E-state index contributed by atoms with van der Waals surface area (Å²) >= 11 is 0. The number of benzene rings is 5. The van der Waals surface area contributed by atoms with E-state index in [1.54, 1.807) is 19.4 Å². The number of ether oxygens (including phenoxy) is 2. The zero-order valence-corrected chi connectivity index (χ0v) is 19.3. The molecule has 0 aromatic heterocycles. The smallest absolute Gasteiger partial charge is 0.275 e. The van der Waals surface area contributed by atoms with E-state index < -0.39 is 0 Å². The van der Waals surface area contributed by atoms with Gasteiger partial charge in [0.1, 0.15) is 18.1 Å². The Morgan fingerprint density at radius 1 is 0.829 bits per heavy atom. The van der Waals surface area contributed by atoms with Crippen LogP contribution in [0.25, 0.3) is 21.5 Å². The molecule has 0 aliphatic rings. The molecule has 0 radical (unpaired) electrons. The number of carbonyl (C=O) groups is 1. The van der Waals surface area contributed by atoms with E-state index in [-0.39, 0.29) is 5.91 Å². The minimum Gasteiger partial charge on any atom is -0.496 e. The van der Waals surface area contributed by atoms with Gasteiger partial charge in [0.05, 0.1) is 18.9 Å². The summed E-state index contributed by atoms with van der Waals surface area (Å²) in [6.45, 7) is 0.485. The molecular weight excluding hydrogens is 436 g/mol. The van der Waals surface area contributed by atoms with Crippen LogP contribution < -0.4 is 14.9 Å². The van der Waals surface area contributed by atoms with E-state index in [1.807, 2.05) is 72.8 Å². The monoisotopic (exact) mass is 460 g/mol. The van der Waals surface area contributed by atoms with Gasteiger partial charge in [-0.25, -0.2) is 5.43 Å². The van der Waals surface area contributed by atoms with E-state index in [0.29, 0.717) is 17.9 Å². The molecule has 0 aliphatic carbocycles. The van der Waals surface area contributed by atoms with Gasteiger partial charge in [-0.15, -0.1) is 0 Å². The lowest BCUT2D eigenvalue weighted by Gasteiger charge is -2.09. The number of carbonyl (C=O) groups excluding carboxylic acids is 1. The predicted octanol–water partition coefficient (Wildman–Crippen LogP) is 6.34. The maximum absolute atomic E-state index is 12.7. The number of nitrogens with one attached hydrogen (secondary N) is 1. The van der Waals surface area contributed by atoms with Gasteiger partial charge in [0.2, 0.25) is 0 Å². The Morgan fingerprint density at radius 2 is 1.51 bits per heavy atom. The first-order chi connectivity index (χ1) is 17.2. The first-order valence-electron chi connectivity index (χ1n) is 11.3. The highest BCUT2D eigenvalue weighted by Crippen LogP contribution is 2.26. The van der Waals surface area contributed by atoms with E-state index in [1.165, 1.54) is 10.8 Å². The Kier molecular flexibility index (Phi) is 6.39. The van der Waals surface area contributed by atoms with Crippen molar-refractivity contribution >= 4 is 33.7 Å². The van der Waals surface area contributed by atoms with Gasteiger partial charge in [0, 0.05) is 0 Å². The van der Waals surface area contributed by atoms with Crippen molar-refractivity contribution in [2.45, 2.75) is 6.61 Å². The molecule has 0 bridgehead atoms. The van der Waals surface area contributed by atoms with Gasteiger partial charge in [0.15, 0.2) is 0 Å². The van der Waals surface area contributed by atoms with Crippen molar-refractivity contribution in [3.63, 3.8) is 0 Å². The van der Waals surface area contributed by atoms with Crippen LogP contribution in [0.4, 0.5) is 0 Å². The molecule has 0 heterocycles. The number of nitrogens with zero attached hydrogens (tertiary/aromatic N) is 1. The Balaban J connectivity index is 1.22. The quantitative estimate of drug-likeness (QED) is 0.228. The summed E-state index contributed by atoms with van der Waals surface area (Å²) < 4.78 is 11.4. The van der Waals surface area contributed by atoms with E-state index >= 15 is 0 Å². The molecule has 0 fully saturated rings. The third kappa shape index (κ3) is 4.99. The first kappa shape index (κ1) is 22.2. The summed E-state index contributed by atoms with van der Waals surface area (Å²) in [5, 5.41) is 8.47. The fraction of sp³-hybridized carbons (Fsp3) is 0.0667. The zero-order valence-electron chi connectivity index (χ0n) is 19.3. The number of hydrazone groups is 1. The molecule has 5 rings (SSSR count). The number of fused-ring (bicyclic) bond motifs is 2. The minimum absolute atomic E-state index is 0.334. The average molecular weight is 461 g/mol. The second-order valence-corrected chi connectivity index (χ2v) is 8.09. The minimum atomic E-state index is -0.334. The van der Waals surface area contributed by atoms with Crippen molar-refractivity contribution in [3.05, 3.63) is 120 Å². The molecule has 1 N–H and O–H groups in total. The van der Waals surface area contributed by atoms with Crippen molar-refractivity contribution in [2.75, 3.05) is 7.11 Å². The summed E-state index contributed by atoms with van der Waals surface area (Å²) in [5.74, 6) is 0.933. The Morgan fingerprint density at radius 3 is 2.29 bits per heavy atom. The van der Waals surface area contributed by atoms with Crippen LogP contribution in [0, 0.1) is 0 Å². The van der Waals surface area contributed by atoms with Crippen LogP contribution in [0.2, 0.25) is 0 Å². The highest BCUT2D eigenvalue weighted by Gasteiger charge is 2.13. The van der Waals surface area contributed by atoms with Gasteiger partial charge >= 0.3 is 0 Å². The van der Waals surface area contributed by atoms with E-state index in [0.717, 1.165) is 27.6 Å².